The third-order valence-corrected chi connectivity index (χ3v) is 0. The van der Waals surface area contributed by atoms with Gasteiger partial charge in [-0.15, -0.1) is 24.0 Å². The largest absolute Gasteiger partial charge is 0.107 e. The third-order valence-electron chi connectivity index (χ3n) is 0. The van der Waals surface area contributed by atoms with Crippen LogP contribution in [0.1, 0.15) is 31.1 Å². The van der Waals surface area contributed by atoms with E-state index in [1.807, 2.05) is 0 Å². The van der Waals surface area contributed by atoms with Gasteiger partial charge in [-0.1, -0.05) is 29.7 Å². The highest BCUT2D eigenvalue weighted by Gasteiger charge is 0.0000639. The van der Waals surface area contributed by atoms with Crippen LogP contribution < -0.4 is 0 Å². The second-order valence-corrected chi connectivity index (χ2v) is 0. The molecular formula is C4H19BI. The van der Waals surface area contributed by atoms with Crippen molar-refractivity contribution in [1.29, 1.82) is 0 Å². The maximum absolute atomic E-state index is 0. The second-order valence-electron chi connectivity index (χ2n) is 0. The van der Waals surface area contributed by atoms with Crippen molar-refractivity contribution in [1.82, 2.24) is 0 Å². The van der Waals surface area contributed by atoms with E-state index in [9.17, 15) is 0 Å². The fourth-order valence-corrected chi connectivity index (χ4v) is 0. The Kier molecular flexibility index (Phi) is 12700. The van der Waals surface area contributed by atoms with Gasteiger partial charge >= 0.3 is 0 Å². The van der Waals surface area contributed by atoms with Gasteiger partial charge in [0.25, 0.3) is 0 Å². The average Bonchev–Trinajstić information content (AvgIpc) is 0. The lowest BCUT2D eigenvalue weighted by Gasteiger charge is -0.108. The molecule has 0 aromatic rings. The lowest BCUT2D eigenvalue weighted by molar-refractivity contribution is 2.50. The molecule has 45 valence electrons. The van der Waals surface area contributed by atoms with Crippen molar-refractivity contribution in [3.05, 3.63) is 0 Å². The molecule has 0 fully saturated rings. The summed E-state index contributed by atoms with van der Waals surface area (Å²) in [6, 6.07) is 0. The number of halogens is 1. The van der Waals surface area contributed by atoms with Gasteiger partial charge in [-0.25, -0.2) is 0 Å². The molecule has 0 aromatic carbocycles. The molecule has 0 N–H and O–H groups in total. The van der Waals surface area contributed by atoms with Gasteiger partial charge in [0.1, 0.15) is 0 Å². The molecular weight excluding hydrogens is 186 g/mol. The van der Waals surface area contributed by atoms with Crippen LogP contribution in [0.4, 0.5) is 0 Å². The van der Waals surface area contributed by atoms with Gasteiger partial charge in [0.15, 0.2) is 0 Å². The Labute approximate surface area is 63.8 Å². The van der Waals surface area contributed by atoms with Crippen LogP contribution in [-0.4, -0.2) is 8.41 Å². The van der Waals surface area contributed by atoms with E-state index in [0.29, 0.717) is 0 Å². The van der Waals surface area contributed by atoms with Crippen molar-refractivity contribution in [2.45, 2.75) is 29.7 Å². The summed E-state index contributed by atoms with van der Waals surface area (Å²) in [5.41, 5.74) is 0. The summed E-state index contributed by atoms with van der Waals surface area (Å²) in [5.74, 6) is 0. The molecule has 2 heteroatoms. The molecule has 0 amide bonds. The Hall–Kier alpha value is 0.795. The maximum atomic E-state index is 0. The smallest absolute Gasteiger partial charge is 0 e. The fourth-order valence-electron chi connectivity index (χ4n) is 0. The number of hydrogen-bond acceptors (Lipinski definition) is 0. The highest BCUT2D eigenvalue weighted by Crippen LogP contribution is 0.886. The Morgan fingerprint density at radius 2 is 0.667 bits per heavy atom. The standard InChI is InChI=1S/4CH4.B.HI.H2/h4*1H4;;2*1H/i;;;;;;1+1. The van der Waals surface area contributed by atoms with Crippen molar-refractivity contribution in [2.75, 3.05) is 0 Å². The third kappa shape index (κ3) is 109. The monoisotopic (exact) mass is 206 g/mol. The minimum Gasteiger partial charge on any atom is -0.107 e. The predicted octanol–water partition coefficient (Wildman–Crippen LogP) is 3.03. The van der Waals surface area contributed by atoms with Crippen LogP contribution in [0.25, 0.3) is 0 Å². The summed E-state index contributed by atoms with van der Waals surface area (Å²) in [5, 5.41) is 0. The number of rotatable bonds is 0. The second kappa shape index (κ2) is 211. The van der Waals surface area contributed by atoms with Gasteiger partial charge in [0.2, 0.25) is 0 Å². The summed E-state index contributed by atoms with van der Waals surface area (Å²) in [6.07, 6.45) is 0. The zero-order valence-electron chi connectivity index (χ0n) is 0.986. The number of hydrogen-bond donors (Lipinski definition) is 0. The highest BCUT2D eigenvalue weighted by atomic mass is 127. The van der Waals surface area contributed by atoms with Crippen LogP contribution in [0.15, 0.2) is 0 Å². The molecule has 0 nitrogen and oxygen atoms in total. The quantitative estimate of drug-likeness (QED) is 0.422. The van der Waals surface area contributed by atoms with Crippen LogP contribution in [0, 0.1) is 0 Å². The minimum absolute atomic E-state index is 0. The predicted molar refractivity (Wildman–Crippen MR) is 50.2 cm³/mol. The molecule has 0 aromatic heterocycles. The summed E-state index contributed by atoms with van der Waals surface area (Å²) in [6.45, 7) is 0. The van der Waals surface area contributed by atoms with E-state index in [1.54, 1.807) is 0 Å². The van der Waals surface area contributed by atoms with E-state index in [2.05, 4.69) is 0 Å². The molecule has 0 spiro atoms. The van der Waals surface area contributed by atoms with Crippen LogP contribution in [-0.2, 0) is 0 Å². The fraction of sp³-hybridized carbons (Fsp3) is 1.00. The molecule has 0 atom stereocenters. The normalized spacial score (nSPS) is 0. The maximum Gasteiger partial charge on any atom is 0 e. The van der Waals surface area contributed by atoms with Gasteiger partial charge < -0.3 is 0 Å². The van der Waals surface area contributed by atoms with E-state index < -0.39 is 0 Å². The van der Waals surface area contributed by atoms with Crippen molar-refractivity contribution in [2.24, 2.45) is 0 Å². The van der Waals surface area contributed by atoms with Gasteiger partial charge in [0, 0.05) is 9.84 Å². The van der Waals surface area contributed by atoms with Crippen LogP contribution >= 0.6 is 24.0 Å². The highest BCUT2D eigenvalue weighted by molar-refractivity contribution is 14.0. The first kappa shape index (κ1) is 361. The van der Waals surface area contributed by atoms with Crippen LogP contribution in [0.2, 0.25) is 0 Å². The van der Waals surface area contributed by atoms with E-state index in [-0.39, 0.29) is 63.5 Å². The summed E-state index contributed by atoms with van der Waals surface area (Å²) < 4.78 is 0. The van der Waals surface area contributed by atoms with Crippen molar-refractivity contribution < 1.29 is 1.43 Å². The molecule has 0 saturated carbocycles. The van der Waals surface area contributed by atoms with E-state index in [4.69, 9.17) is 0 Å². The minimum atomic E-state index is 0. The van der Waals surface area contributed by atoms with Crippen LogP contribution in [0.5, 0.6) is 0 Å². The Bertz CT molecular complexity index is 11.7. The molecule has 0 heterocycles. The first-order valence-electron chi connectivity index (χ1n) is 0. The molecule has 0 aliphatic rings. The molecule has 3 radical (unpaired) electrons. The SMILES string of the molecule is C.C.C.C.I.[2HH].[B]. The summed E-state index contributed by atoms with van der Waals surface area (Å²) in [7, 11) is 0. The summed E-state index contributed by atoms with van der Waals surface area (Å²) in [4.78, 5) is 0. The van der Waals surface area contributed by atoms with Gasteiger partial charge in [-0.05, 0) is 0 Å². The zero-order chi connectivity index (χ0) is 0. The van der Waals surface area contributed by atoms with Gasteiger partial charge in [0.05, 0.1) is 0 Å². The van der Waals surface area contributed by atoms with Crippen molar-refractivity contribution in [3.63, 3.8) is 0 Å². The molecule has 0 aliphatic carbocycles. The van der Waals surface area contributed by atoms with Gasteiger partial charge in [-0.3, -0.25) is 0 Å². The molecule has 0 rings (SSSR count). The Morgan fingerprint density at radius 3 is 0.667 bits per heavy atom. The van der Waals surface area contributed by atoms with E-state index >= 15 is 0 Å². The van der Waals surface area contributed by atoms with E-state index in [0.717, 1.165) is 0 Å². The van der Waals surface area contributed by atoms with Crippen molar-refractivity contribution in [3.8, 4) is 0 Å². The first-order valence-corrected chi connectivity index (χ1v) is 0. The van der Waals surface area contributed by atoms with E-state index in [1.165, 1.54) is 0 Å². The van der Waals surface area contributed by atoms with Crippen molar-refractivity contribution >= 4 is 32.4 Å². The molecule has 6 heavy (non-hydrogen) atoms. The average molecular weight is 206 g/mol. The zero-order valence-corrected chi connectivity index (χ0v) is 3.32. The first-order chi connectivity index (χ1) is 0. The summed E-state index contributed by atoms with van der Waals surface area (Å²) >= 11 is 0. The molecule has 0 saturated heterocycles. The Morgan fingerprint density at radius 1 is 0.667 bits per heavy atom. The Balaban J connectivity index is 0. The van der Waals surface area contributed by atoms with Crippen LogP contribution in [0.3, 0.4) is 0 Å². The lowest BCUT2D eigenvalue weighted by Crippen LogP contribution is -0.381. The topological polar surface area (TPSA) is 0 Å². The molecule has 0 unspecified atom stereocenters. The lowest BCUT2D eigenvalue weighted by atomic mass is 10.8. The molecule has 0 bridgehead atoms. The molecule has 0 aliphatic heterocycles. The van der Waals surface area contributed by atoms with Gasteiger partial charge in [-0.2, -0.15) is 0 Å².